The van der Waals surface area contributed by atoms with E-state index in [1.165, 1.54) is 0 Å². The molecule has 4 heteroatoms. The Morgan fingerprint density at radius 2 is 2.12 bits per heavy atom. The number of nitrogens with one attached hydrogen (secondary N) is 1. The molecule has 0 spiro atoms. The molecule has 0 heterocycles. The molecular formula is C13H20ClNO2. The van der Waals surface area contributed by atoms with Gasteiger partial charge in [0.2, 0.25) is 0 Å². The monoisotopic (exact) mass is 257 g/mol. The van der Waals surface area contributed by atoms with Crippen LogP contribution in [0.3, 0.4) is 0 Å². The third-order valence-corrected chi connectivity index (χ3v) is 3.03. The summed E-state index contributed by atoms with van der Waals surface area (Å²) >= 11 is 5.85. The number of hydrogen-bond acceptors (Lipinski definition) is 3. The van der Waals surface area contributed by atoms with Crippen LogP contribution in [0, 0.1) is 5.92 Å². The van der Waals surface area contributed by atoms with Gasteiger partial charge < -0.3 is 15.2 Å². The smallest absolute Gasteiger partial charge is 0.134 e. The van der Waals surface area contributed by atoms with Gasteiger partial charge in [0.25, 0.3) is 0 Å². The van der Waals surface area contributed by atoms with Crippen molar-refractivity contribution >= 4 is 11.6 Å². The largest absolute Gasteiger partial charge is 0.506 e. The van der Waals surface area contributed by atoms with Crippen molar-refractivity contribution in [1.29, 1.82) is 0 Å². The van der Waals surface area contributed by atoms with E-state index in [0.717, 1.165) is 5.56 Å². The second-order valence-corrected chi connectivity index (χ2v) is 4.88. The second-order valence-electron chi connectivity index (χ2n) is 4.47. The third kappa shape index (κ3) is 4.54. The summed E-state index contributed by atoms with van der Waals surface area (Å²) in [6.45, 7) is 5.71. The van der Waals surface area contributed by atoms with Crippen LogP contribution in [0.5, 0.6) is 5.75 Å². The van der Waals surface area contributed by atoms with Crippen LogP contribution in [0.4, 0.5) is 0 Å². The Hall–Kier alpha value is -0.770. The third-order valence-electron chi connectivity index (χ3n) is 2.73. The summed E-state index contributed by atoms with van der Waals surface area (Å²) in [6, 6.07) is 5.56. The lowest BCUT2D eigenvalue weighted by molar-refractivity contribution is 0.146. The van der Waals surface area contributed by atoms with E-state index in [1.54, 1.807) is 19.2 Å². The predicted octanol–water partition coefficient (Wildman–Crippen LogP) is 2.81. The maximum absolute atomic E-state index is 9.32. The van der Waals surface area contributed by atoms with Crippen molar-refractivity contribution in [3.8, 4) is 5.75 Å². The summed E-state index contributed by atoms with van der Waals surface area (Å²) in [4.78, 5) is 0. The highest BCUT2D eigenvalue weighted by Gasteiger charge is 2.12. The second kappa shape index (κ2) is 6.84. The summed E-state index contributed by atoms with van der Waals surface area (Å²) < 4.78 is 5.17. The molecule has 96 valence electrons. The minimum absolute atomic E-state index is 0.118. The highest BCUT2D eigenvalue weighted by atomic mass is 35.5. The number of rotatable bonds is 6. The summed E-state index contributed by atoms with van der Waals surface area (Å²) in [5.74, 6) is 0.621. The molecule has 0 aromatic heterocycles. The first kappa shape index (κ1) is 14.3. The van der Waals surface area contributed by atoms with Gasteiger partial charge in [-0.1, -0.05) is 31.5 Å². The molecule has 0 radical (unpaired) electrons. The Balaban J connectivity index is 2.56. The minimum atomic E-state index is 0.118. The molecule has 0 fully saturated rings. The van der Waals surface area contributed by atoms with E-state index in [9.17, 15) is 5.11 Å². The van der Waals surface area contributed by atoms with Crippen molar-refractivity contribution in [2.24, 2.45) is 5.92 Å². The van der Waals surface area contributed by atoms with E-state index in [4.69, 9.17) is 16.3 Å². The van der Waals surface area contributed by atoms with Crippen molar-refractivity contribution in [2.45, 2.75) is 26.4 Å². The SMILES string of the molecule is COCC(NCc1ccc(O)c(Cl)c1)C(C)C. The molecule has 1 aromatic rings. The van der Waals surface area contributed by atoms with Crippen LogP contribution in [0.25, 0.3) is 0 Å². The number of ether oxygens (including phenoxy) is 1. The lowest BCUT2D eigenvalue weighted by Gasteiger charge is -2.21. The van der Waals surface area contributed by atoms with Crippen LogP contribution in [-0.4, -0.2) is 24.9 Å². The number of methoxy groups -OCH3 is 1. The van der Waals surface area contributed by atoms with E-state index < -0.39 is 0 Å². The van der Waals surface area contributed by atoms with Gasteiger partial charge in [0.15, 0.2) is 0 Å². The van der Waals surface area contributed by atoms with Crippen molar-refractivity contribution in [2.75, 3.05) is 13.7 Å². The zero-order chi connectivity index (χ0) is 12.8. The molecule has 2 N–H and O–H groups in total. The van der Waals surface area contributed by atoms with Gasteiger partial charge in [-0.3, -0.25) is 0 Å². The first-order valence-electron chi connectivity index (χ1n) is 5.74. The Morgan fingerprint density at radius 3 is 2.65 bits per heavy atom. The lowest BCUT2D eigenvalue weighted by atomic mass is 10.0. The molecule has 1 rings (SSSR count). The van der Waals surface area contributed by atoms with Gasteiger partial charge in [-0.2, -0.15) is 0 Å². The van der Waals surface area contributed by atoms with Crippen LogP contribution in [-0.2, 0) is 11.3 Å². The number of halogens is 1. The van der Waals surface area contributed by atoms with Crippen LogP contribution in [0.15, 0.2) is 18.2 Å². The molecule has 0 aliphatic heterocycles. The van der Waals surface area contributed by atoms with Crippen LogP contribution < -0.4 is 5.32 Å². The van der Waals surface area contributed by atoms with Gasteiger partial charge in [-0.25, -0.2) is 0 Å². The summed E-state index contributed by atoms with van der Waals surface area (Å²) in [5, 5.41) is 13.1. The highest BCUT2D eigenvalue weighted by molar-refractivity contribution is 6.32. The maximum Gasteiger partial charge on any atom is 0.134 e. The van der Waals surface area contributed by atoms with Gasteiger partial charge in [-0.05, 0) is 23.6 Å². The fourth-order valence-electron chi connectivity index (χ4n) is 1.58. The van der Waals surface area contributed by atoms with Crippen LogP contribution in [0.2, 0.25) is 5.02 Å². The zero-order valence-corrected chi connectivity index (χ0v) is 11.3. The first-order chi connectivity index (χ1) is 8.04. The van der Waals surface area contributed by atoms with E-state index in [0.29, 0.717) is 30.1 Å². The predicted molar refractivity (Wildman–Crippen MR) is 70.5 cm³/mol. The standard InChI is InChI=1S/C13H20ClNO2/c1-9(2)12(8-17-3)15-7-10-4-5-13(16)11(14)6-10/h4-6,9,12,15-16H,7-8H2,1-3H3. The van der Waals surface area contributed by atoms with Gasteiger partial charge >= 0.3 is 0 Å². The number of aromatic hydroxyl groups is 1. The Morgan fingerprint density at radius 1 is 1.41 bits per heavy atom. The Bertz CT molecular complexity index is 355. The molecule has 17 heavy (non-hydrogen) atoms. The lowest BCUT2D eigenvalue weighted by Crippen LogP contribution is -2.37. The molecule has 1 unspecified atom stereocenters. The van der Waals surface area contributed by atoms with Crippen LogP contribution in [0.1, 0.15) is 19.4 Å². The van der Waals surface area contributed by atoms with Crippen molar-refractivity contribution < 1.29 is 9.84 Å². The minimum Gasteiger partial charge on any atom is -0.506 e. The molecular weight excluding hydrogens is 238 g/mol. The van der Waals surface area contributed by atoms with Gasteiger partial charge in [0.1, 0.15) is 5.75 Å². The van der Waals surface area contributed by atoms with E-state index in [-0.39, 0.29) is 5.75 Å². The Labute approximate surface area is 108 Å². The Kier molecular flexibility index (Phi) is 5.75. The molecule has 0 saturated carbocycles. The molecule has 0 bridgehead atoms. The average molecular weight is 258 g/mol. The molecule has 1 aromatic carbocycles. The summed E-state index contributed by atoms with van der Waals surface area (Å²) in [6.07, 6.45) is 0. The molecule has 1 atom stereocenters. The average Bonchev–Trinajstić information content (AvgIpc) is 2.28. The number of phenolic OH excluding ortho intramolecular Hbond substituents is 1. The first-order valence-corrected chi connectivity index (χ1v) is 6.12. The van der Waals surface area contributed by atoms with Gasteiger partial charge in [0, 0.05) is 19.7 Å². The normalized spacial score (nSPS) is 13.0. The van der Waals surface area contributed by atoms with Crippen molar-refractivity contribution in [3.05, 3.63) is 28.8 Å². The summed E-state index contributed by atoms with van der Waals surface area (Å²) in [5.41, 5.74) is 1.05. The summed E-state index contributed by atoms with van der Waals surface area (Å²) in [7, 11) is 1.70. The number of phenols is 1. The topological polar surface area (TPSA) is 41.5 Å². The van der Waals surface area contributed by atoms with E-state index in [2.05, 4.69) is 19.2 Å². The maximum atomic E-state index is 9.32. The molecule has 3 nitrogen and oxygen atoms in total. The fourth-order valence-corrected chi connectivity index (χ4v) is 1.78. The van der Waals surface area contributed by atoms with E-state index in [1.807, 2.05) is 6.07 Å². The zero-order valence-electron chi connectivity index (χ0n) is 10.5. The molecule has 0 amide bonds. The number of hydrogen-bond donors (Lipinski definition) is 2. The van der Waals surface area contributed by atoms with E-state index >= 15 is 0 Å². The van der Waals surface area contributed by atoms with Crippen molar-refractivity contribution in [3.63, 3.8) is 0 Å². The molecule has 0 aliphatic carbocycles. The molecule has 0 saturated heterocycles. The number of benzene rings is 1. The quantitative estimate of drug-likeness (QED) is 0.824. The highest BCUT2D eigenvalue weighted by Crippen LogP contribution is 2.23. The van der Waals surface area contributed by atoms with Crippen molar-refractivity contribution in [1.82, 2.24) is 5.32 Å². The molecule has 0 aliphatic rings. The fraction of sp³-hybridized carbons (Fsp3) is 0.538. The van der Waals surface area contributed by atoms with Gasteiger partial charge in [-0.15, -0.1) is 0 Å². The van der Waals surface area contributed by atoms with Crippen LogP contribution >= 0.6 is 11.6 Å². The van der Waals surface area contributed by atoms with Gasteiger partial charge in [0.05, 0.1) is 11.6 Å².